The number of aromatic nitrogens is 2. The first kappa shape index (κ1) is 22.1. The highest BCUT2D eigenvalue weighted by atomic mass is 19.4. The van der Waals surface area contributed by atoms with E-state index in [-0.39, 0.29) is 17.9 Å². The summed E-state index contributed by atoms with van der Waals surface area (Å²) >= 11 is 0. The third-order valence-corrected chi connectivity index (χ3v) is 5.32. The third kappa shape index (κ3) is 4.69. The Balaban J connectivity index is 1.50. The second-order valence-corrected chi connectivity index (χ2v) is 7.57. The van der Waals surface area contributed by atoms with Crippen LogP contribution in [0.3, 0.4) is 0 Å². The third-order valence-electron chi connectivity index (χ3n) is 5.32. The fraction of sp³-hybridized carbons (Fsp3) is 0.273. The molecule has 0 unspecified atom stereocenters. The van der Waals surface area contributed by atoms with Crippen molar-refractivity contribution in [1.29, 1.82) is 0 Å². The molecule has 0 radical (unpaired) electrons. The van der Waals surface area contributed by atoms with E-state index in [2.05, 4.69) is 9.97 Å². The van der Waals surface area contributed by atoms with Gasteiger partial charge in [0.25, 0.3) is 5.56 Å². The van der Waals surface area contributed by atoms with E-state index in [0.29, 0.717) is 41.9 Å². The summed E-state index contributed by atoms with van der Waals surface area (Å²) in [5.74, 6) is 0.193. The molecule has 0 saturated heterocycles. The van der Waals surface area contributed by atoms with Gasteiger partial charge in [0.2, 0.25) is 0 Å². The van der Waals surface area contributed by atoms with E-state index in [1.807, 2.05) is 4.90 Å². The minimum atomic E-state index is -4.45. The van der Waals surface area contributed by atoms with Gasteiger partial charge in [-0.15, -0.1) is 0 Å². The van der Waals surface area contributed by atoms with Gasteiger partial charge in [-0.05, 0) is 29.8 Å². The van der Waals surface area contributed by atoms with Gasteiger partial charge in [0.15, 0.2) is 0 Å². The first-order valence-corrected chi connectivity index (χ1v) is 9.69. The Morgan fingerprint density at radius 2 is 1.44 bits per heavy atom. The molecule has 2 heterocycles. The molecule has 0 spiro atoms. The maximum absolute atomic E-state index is 12.7. The predicted octanol–water partition coefficient (Wildman–Crippen LogP) is 5.03. The lowest BCUT2D eigenvalue weighted by Crippen LogP contribution is -2.35. The maximum Gasteiger partial charge on any atom is 0.416 e. The maximum atomic E-state index is 12.7. The highest BCUT2D eigenvalue weighted by Crippen LogP contribution is 2.31. The van der Waals surface area contributed by atoms with Crippen LogP contribution in [0.4, 0.5) is 26.3 Å². The Morgan fingerprint density at radius 3 is 2.00 bits per heavy atom. The van der Waals surface area contributed by atoms with Gasteiger partial charge in [-0.25, -0.2) is 4.98 Å². The van der Waals surface area contributed by atoms with Crippen LogP contribution in [0, 0.1) is 0 Å². The number of aromatic amines is 1. The molecule has 0 amide bonds. The molecule has 1 aliphatic heterocycles. The molecule has 1 aromatic heterocycles. The van der Waals surface area contributed by atoms with Crippen molar-refractivity contribution in [3.05, 3.63) is 86.8 Å². The van der Waals surface area contributed by atoms with Gasteiger partial charge in [0.1, 0.15) is 5.82 Å². The summed E-state index contributed by atoms with van der Waals surface area (Å²) in [6.07, 6.45) is -8.41. The van der Waals surface area contributed by atoms with Gasteiger partial charge in [-0.3, -0.25) is 9.69 Å². The van der Waals surface area contributed by atoms with Gasteiger partial charge in [0.05, 0.1) is 22.4 Å². The van der Waals surface area contributed by atoms with Crippen LogP contribution in [0.25, 0.3) is 11.4 Å². The van der Waals surface area contributed by atoms with Crippen molar-refractivity contribution in [2.75, 3.05) is 6.54 Å². The van der Waals surface area contributed by atoms with E-state index in [9.17, 15) is 31.1 Å². The zero-order valence-corrected chi connectivity index (χ0v) is 16.5. The van der Waals surface area contributed by atoms with Crippen LogP contribution >= 0.6 is 0 Å². The predicted molar refractivity (Wildman–Crippen MR) is 105 cm³/mol. The second-order valence-electron chi connectivity index (χ2n) is 7.57. The quantitative estimate of drug-likeness (QED) is 0.566. The lowest BCUT2D eigenvalue weighted by atomic mass is 10.0. The van der Waals surface area contributed by atoms with E-state index in [4.69, 9.17) is 0 Å². The SMILES string of the molecule is O=c1[nH]c(-c2ccc(C(F)(F)F)cc2)nc2c1CN(Cc1ccc(C(F)(F)F)cc1)CC2. The van der Waals surface area contributed by atoms with Crippen molar-refractivity contribution in [2.24, 2.45) is 0 Å². The number of alkyl halides is 6. The number of halogens is 6. The van der Waals surface area contributed by atoms with Gasteiger partial charge in [-0.1, -0.05) is 24.3 Å². The molecule has 0 atom stereocenters. The summed E-state index contributed by atoms with van der Waals surface area (Å²) in [5, 5.41) is 0. The normalized spacial score (nSPS) is 14.9. The van der Waals surface area contributed by atoms with Crippen molar-refractivity contribution >= 4 is 0 Å². The second kappa shape index (κ2) is 8.09. The number of benzene rings is 2. The van der Waals surface area contributed by atoms with Crippen molar-refractivity contribution in [2.45, 2.75) is 31.9 Å². The molecule has 4 rings (SSSR count). The smallest absolute Gasteiger partial charge is 0.306 e. The summed E-state index contributed by atoms with van der Waals surface area (Å²) < 4.78 is 76.4. The monoisotopic (exact) mass is 453 g/mol. The molecule has 0 aliphatic carbocycles. The fourth-order valence-corrected chi connectivity index (χ4v) is 3.63. The lowest BCUT2D eigenvalue weighted by molar-refractivity contribution is -0.138. The highest BCUT2D eigenvalue weighted by Gasteiger charge is 2.31. The van der Waals surface area contributed by atoms with E-state index < -0.39 is 23.5 Å². The van der Waals surface area contributed by atoms with Crippen LogP contribution in [0.5, 0.6) is 0 Å². The van der Waals surface area contributed by atoms with Gasteiger partial charge in [-0.2, -0.15) is 26.3 Å². The zero-order valence-electron chi connectivity index (χ0n) is 16.5. The molecule has 3 aromatic rings. The number of fused-ring (bicyclic) bond motifs is 1. The Bertz CT molecular complexity index is 1160. The lowest BCUT2D eigenvalue weighted by Gasteiger charge is -2.27. The van der Waals surface area contributed by atoms with E-state index >= 15 is 0 Å². The molecule has 10 heteroatoms. The minimum absolute atomic E-state index is 0.193. The molecular weight excluding hydrogens is 436 g/mol. The Morgan fingerprint density at radius 1 is 0.875 bits per heavy atom. The van der Waals surface area contributed by atoms with Crippen molar-refractivity contribution in [3.63, 3.8) is 0 Å². The first-order chi connectivity index (χ1) is 15.0. The van der Waals surface area contributed by atoms with E-state index in [1.165, 1.54) is 24.3 Å². The highest BCUT2D eigenvalue weighted by molar-refractivity contribution is 5.56. The largest absolute Gasteiger partial charge is 0.416 e. The molecular formula is C22H17F6N3O. The summed E-state index contributed by atoms with van der Waals surface area (Å²) in [6.45, 7) is 1.18. The Labute approximate surface area is 178 Å². The minimum Gasteiger partial charge on any atom is -0.306 e. The summed E-state index contributed by atoms with van der Waals surface area (Å²) in [4.78, 5) is 21.6. The van der Waals surface area contributed by atoms with Crippen LogP contribution in [0.1, 0.15) is 27.9 Å². The van der Waals surface area contributed by atoms with Gasteiger partial charge < -0.3 is 4.98 Å². The van der Waals surface area contributed by atoms with Gasteiger partial charge >= 0.3 is 12.4 Å². The standard InChI is InChI=1S/C22H17F6N3O/c23-21(24,25)15-5-1-13(2-6-15)11-31-10-9-18-17(12-31)20(32)30-19(29-18)14-3-7-16(8-4-14)22(26,27)28/h1-8H,9-12H2,(H,29,30,32). The molecule has 168 valence electrons. The van der Waals surface area contributed by atoms with E-state index in [0.717, 1.165) is 24.3 Å². The van der Waals surface area contributed by atoms with Crippen molar-refractivity contribution in [3.8, 4) is 11.4 Å². The average molecular weight is 453 g/mol. The molecule has 1 aliphatic rings. The van der Waals surface area contributed by atoms with Crippen LogP contribution in [0.2, 0.25) is 0 Å². The summed E-state index contributed by atoms with van der Waals surface area (Å²) in [7, 11) is 0. The number of rotatable bonds is 3. The number of nitrogens with one attached hydrogen (secondary N) is 1. The van der Waals surface area contributed by atoms with Crippen molar-refractivity contribution < 1.29 is 26.3 Å². The molecule has 0 saturated carbocycles. The number of H-pyrrole nitrogens is 1. The van der Waals surface area contributed by atoms with Crippen molar-refractivity contribution in [1.82, 2.24) is 14.9 Å². The van der Waals surface area contributed by atoms with Gasteiger partial charge in [0, 0.05) is 31.6 Å². The zero-order chi connectivity index (χ0) is 23.1. The van der Waals surface area contributed by atoms with Crippen LogP contribution in [-0.4, -0.2) is 21.4 Å². The fourth-order valence-electron chi connectivity index (χ4n) is 3.63. The molecule has 0 fully saturated rings. The molecule has 4 nitrogen and oxygen atoms in total. The Kier molecular flexibility index (Phi) is 5.58. The van der Waals surface area contributed by atoms with Crippen LogP contribution in [-0.2, 0) is 31.9 Å². The van der Waals surface area contributed by atoms with Crippen LogP contribution in [0.15, 0.2) is 53.3 Å². The molecule has 1 N–H and O–H groups in total. The topological polar surface area (TPSA) is 49.0 Å². The molecule has 2 aromatic carbocycles. The summed E-state index contributed by atoms with van der Waals surface area (Å²) in [6, 6.07) is 9.25. The Hall–Kier alpha value is -3.14. The van der Waals surface area contributed by atoms with E-state index in [1.54, 1.807) is 0 Å². The number of hydrogen-bond acceptors (Lipinski definition) is 3. The number of hydrogen-bond donors (Lipinski definition) is 1. The summed E-state index contributed by atoms with van der Waals surface area (Å²) in [5.41, 5.74) is 0.160. The average Bonchev–Trinajstić information content (AvgIpc) is 2.73. The number of nitrogens with zero attached hydrogens (tertiary/aromatic N) is 2. The first-order valence-electron chi connectivity index (χ1n) is 9.69. The van der Waals surface area contributed by atoms with Crippen LogP contribution < -0.4 is 5.56 Å². The molecule has 32 heavy (non-hydrogen) atoms. The molecule has 0 bridgehead atoms.